The van der Waals surface area contributed by atoms with Gasteiger partial charge in [-0.05, 0) is 31.0 Å². The molecule has 100 valence electrons. The fourth-order valence-corrected chi connectivity index (χ4v) is 1.98. The summed E-state index contributed by atoms with van der Waals surface area (Å²) in [5, 5.41) is 3.31. The lowest BCUT2D eigenvalue weighted by molar-refractivity contribution is -0.128. The molecule has 1 unspecified atom stereocenters. The van der Waals surface area contributed by atoms with Crippen LogP contribution < -0.4 is 5.32 Å². The third kappa shape index (κ3) is 4.42. The molecule has 3 nitrogen and oxygen atoms in total. The summed E-state index contributed by atoms with van der Waals surface area (Å²) >= 11 is 3.43. The molecular formula is C14H21BrN2O. The van der Waals surface area contributed by atoms with Crippen LogP contribution in [0.1, 0.15) is 31.9 Å². The van der Waals surface area contributed by atoms with Gasteiger partial charge in [-0.3, -0.25) is 4.79 Å². The van der Waals surface area contributed by atoms with E-state index >= 15 is 0 Å². The highest BCUT2D eigenvalue weighted by molar-refractivity contribution is 9.10. The van der Waals surface area contributed by atoms with Crippen LogP contribution in [-0.2, 0) is 4.79 Å². The molecule has 0 spiro atoms. The van der Waals surface area contributed by atoms with Crippen LogP contribution in [0.15, 0.2) is 28.7 Å². The monoisotopic (exact) mass is 312 g/mol. The summed E-state index contributed by atoms with van der Waals surface area (Å²) in [6.07, 6.45) is 0.963. The minimum atomic E-state index is 0.132. The molecule has 1 amide bonds. The molecule has 0 aliphatic carbocycles. The van der Waals surface area contributed by atoms with Crippen molar-refractivity contribution < 1.29 is 4.79 Å². The second kappa shape index (κ2) is 7.54. The first-order valence-corrected chi connectivity index (χ1v) is 7.10. The SMILES string of the molecule is CCC(NCC(=O)N(C)CC)c1ccc(Br)cc1. The molecule has 0 bridgehead atoms. The molecule has 4 heteroatoms. The Bertz CT molecular complexity index is 378. The van der Waals surface area contributed by atoms with E-state index in [4.69, 9.17) is 0 Å². The minimum Gasteiger partial charge on any atom is -0.345 e. The van der Waals surface area contributed by atoms with Crippen LogP contribution in [0.5, 0.6) is 0 Å². The van der Waals surface area contributed by atoms with Crippen LogP contribution >= 0.6 is 15.9 Å². The predicted molar refractivity (Wildman–Crippen MR) is 78.5 cm³/mol. The van der Waals surface area contributed by atoms with Crippen molar-refractivity contribution in [2.45, 2.75) is 26.3 Å². The van der Waals surface area contributed by atoms with Crippen molar-refractivity contribution in [3.05, 3.63) is 34.3 Å². The van der Waals surface area contributed by atoms with E-state index in [0.717, 1.165) is 17.4 Å². The van der Waals surface area contributed by atoms with Crippen molar-refractivity contribution in [1.82, 2.24) is 10.2 Å². The Kier molecular flexibility index (Phi) is 6.36. The summed E-state index contributed by atoms with van der Waals surface area (Å²) < 4.78 is 1.07. The number of amides is 1. The van der Waals surface area contributed by atoms with Crippen molar-refractivity contribution in [3.63, 3.8) is 0 Å². The number of carbonyl (C=O) groups is 1. The molecular weight excluding hydrogens is 292 g/mol. The van der Waals surface area contributed by atoms with Gasteiger partial charge in [0.1, 0.15) is 0 Å². The van der Waals surface area contributed by atoms with E-state index in [1.807, 2.05) is 26.1 Å². The van der Waals surface area contributed by atoms with Gasteiger partial charge in [-0.2, -0.15) is 0 Å². The lowest BCUT2D eigenvalue weighted by Gasteiger charge is -2.20. The number of hydrogen-bond donors (Lipinski definition) is 1. The van der Waals surface area contributed by atoms with E-state index in [-0.39, 0.29) is 11.9 Å². The maximum atomic E-state index is 11.7. The maximum absolute atomic E-state index is 11.7. The van der Waals surface area contributed by atoms with E-state index in [1.54, 1.807) is 4.90 Å². The topological polar surface area (TPSA) is 32.3 Å². The zero-order valence-corrected chi connectivity index (χ0v) is 12.8. The van der Waals surface area contributed by atoms with Gasteiger partial charge in [0, 0.05) is 24.1 Å². The van der Waals surface area contributed by atoms with Gasteiger partial charge in [-0.15, -0.1) is 0 Å². The number of carbonyl (C=O) groups excluding carboxylic acids is 1. The summed E-state index contributed by atoms with van der Waals surface area (Å²) in [6.45, 7) is 5.23. The fraction of sp³-hybridized carbons (Fsp3) is 0.500. The van der Waals surface area contributed by atoms with Crippen molar-refractivity contribution in [2.75, 3.05) is 20.1 Å². The minimum absolute atomic E-state index is 0.132. The normalized spacial score (nSPS) is 12.2. The molecule has 1 atom stereocenters. The van der Waals surface area contributed by atoms with Gasteiger partial charge in [0.2, 0.25) is 5.91 Å². The molecule has 0 aromatic heterocycles. The first kappa shape index (κ1) is 15.2. The average molecular weight is 313 g/mol. The Labute approximate surface area is 118 Å². The van der Waals surface area contributed by atoms with Gasteiger partial charge in [0.15, 0.2) is 0 Å². The van der Waals surface area contributed by atoms with Gasteiger partial charge in [-0.25, -0.2) is 0 Å². The zero-order valence-electron chi connectivity index (χ0n) is 11.2. The van der Waals surface area contributed by atoms with Crippen LogP contribution in [0.2, 0.25) is 0 Å². The van der Waals surface area contributed by atoms with Crippen LogP contribution in [-0.4, -0.2) is 30.9 Å². The number of benzene rings is 1. The fourth-order valence-electron chi connectivity index (χ4n) is 1.71. The van der Waals surface area contributed by atoms with Crippen LogP contribution in [0, 0.1) is 0 Å². The first-order valence-electron chi connectivity index (χ1n) is 6.31. The number of nitrogens with one attached hydrogen (secondary N) is 1. The Hall–Kier alpha value is -0.870. The number of halogens is 1. The summed E-state index contributed by atoms with van der Waals surface area (Å²) in [4.78, 5) is 13.5. The van der Waals surface area contributed by atoms with Crippen molar-refractivity contribution >= 4 is 21.8 Å². The van der Waals surface area contributed by atoms with Gasteiger partial charge in [0.25, 0.3) is 0 Å². The quantitative estimate of drug-likeness (QED) is 0.876. The Morgan fingerprint density at radius 3 is 2.44 bits per heavy atom. The molecule has 1 rings (SSSR count). The van der Waals surface area contributed by atoms with E-state index in [1.165, 1.54) is 5.56 Å². The van der Waals surface area contributed by atoms with E-state index in [9.17, 15) is 4.79 Å². The highest BCUT2D eigenvalue weighted by atomic mass is 79.9. The number of likely N-dealkylation sites (N-methyl/N-ethyl adjacent to an activating group) is 1. The largest absolute Gasteiger partial charge is 0.345 e. The number of nitrogens with zero attached hydrogens (tertiary/aromatic N) is 1. The van der Waals surface area contributed by atoms with E-state index in [2.05, 4.69) is 40.3 Å². The van der Waals surface area contributed by atoms with Crippen molar-refractivity contribution in [1.29, 1.82) is 0 Å². The highest BCUT2D eigenvalue weighted by Gasteiger charge is 2.12. The van der Waals surface area contributed by atoms with Gasteiger partial charge < -0.3 is 10.2 Å². The van der Waals surface area contributed by atoms with Crippen LogP contribution in [0.4, 0.5) is 0 Å². The molecule has 0 heterocycles. The van der Waals surface area contributed by atoms with Gasteiger partial charge >= 0.3 is 0 Å². The first-order chi connectivity index (χ1) is 8.58. The molecule has 1 N–H and O–H groups in total. The molecule has 0 aliphatic heterocycles. The molecule has 0 saturated heterocycles. The van der Waals surface area contributed by atoms with Crippen molar-refractivity contribution in [2.24, 2.45) is 0 Å². The summed E-state index contributed by atoms with van der Waals surface area (Å²) in [5.74, 6) is 0.132. The third-order valence-corrected chi connectivity index (χ3v) is 3.61. The Morgan fingerprint density at radius 1 is 1.33 bits per heavy atom. The van der Waals surface area contributed by atoms with Crippen LogP contribution in [0.3, 0.4) is 0 Å². The van der Waals surface area contributed by atoms with E-state index in [0.29, 0.717) is 6.54 Å². The van der Waals surface area contributed by atoms with Gasteiger partial charge in [-0.1, -0.05) is 35.0 Å². The zero-order chi connectivity index (χ0) is 13.5. The summed E-state index contributed by atoms with van der Waals surface area (Å²) in [6, 6.07) is 8.45. The van der Waals surface area contributed by atoms with Crippen molar-refractivity contribution in [3.8, 4) is 0 Å². The maximum Gasteiger partial charge on any atom is 0.236 e. The molecule has 0 fully saturated rings. The molecule has 18 heavy (non-hydrogen) atoms. The average Bonchev–Trinajstić information content (AvgIpc) is 2.40. The number of rotatable bonds is 6. The third-order valence-electron chi connectivity index (χ3n) is 3.08. The smallest absolute Gasteiger partial charge is 0.236 e. The second-order valence-corrected chi connectivity index (χ2v) is 5.22. The molecule has 0 radical (unpaired) electrons. The highest BCUT2D eigenvalue weighted by Crippen LogP contribution is 2.19. The lowest BCUT2D eigenvalue weighted by atomic mass is 10.0. The second-order valence-electron chi connectivity index (χ2n) is 4.30. The predicted octanol–water partition coefficient (Wildman–Crippen LogP) is 2.97. The number of hydrogen-bond acceptors (Lipinski definition) is 2. The lowest BCUT2D eigenvalue weighted by Crippen LogP contribution is -2.36. The summed E-state index contributed by atoms with van der Waals surface area (Å²) in [7, 11) is 1.82. The molecule has 1 aromatic carbocycles. The Morgan fingerprint density at radius 2 is 1.94 bits per heavy atom. The standard InChI is InChI=1S/C14H21BrN2O/c1-4-13(11-6-8-12(15)9-7-11)16-10-14(18)17(3)5-2/h6-9,13,16H,4-5,10H2,1-3H3. The summed E-state index contributed by atoms with van der Waals surface area (Å²) in [5.41, 5.74) is 1.22. The molecule has 0 aliphatic rings. The van der Waals surface area contributed by atoms with Crippen LogP contribution in [0.25, 0.3) is 0 Å². The molecule has 1 aromatic rings. The Balaban J connectivity index is 2.57. The van der Waals surface area contributed by atoms with Gasteiger partial charge in [0.05, 0.1) is 6.54 Å². The molecule has 0 saturated carbocycles. The van der Waals surface area contributed by atoms with E-state index < -0.39 is 0 Å².